The van der Waals surface area contributed by atoms with Crippen molar-refractivity contribution in [3.63, 3.8) is 0 Å². The Bertz CT molecular complexity index is 965. The third-order valence-corrected chi connectivity index (χ3v) is 4.80. The number of aliphatic imine (C=N–C) groups is 1. The van der Waals surface area contributed by atoms with Crippen LogP contribution >= 0.6 is 11.6 Å². The number of oxazole rings is 1. The lowest BCUT2D eigenvalue weighted by Crippen LogP contribution is -2.36. The highest BCUT2D eigenvalue weighted by atomic mass is 35.5. The molecule has 7 heteroatoms. The van der Waals surface area contributed by atoms with Crippen LogP contribution < -0.4 is 15.4 Å². The zero-order valence-corrected chi connectivity index (χ0v) is 17.6. The van der Waals surface area contributed by atoms with E-state index >= 15 is 0 Å². The summed E-state index contributed by atoms with van der Waals surface area (Å²) in [5.41, 5.74) is 3.09. The minimum Gasteiger partial charge on any atom is -0.487 e. The number of nitrogens with zero attached hydrogens (tertiary/aromatic N) is 2. The molecule has 3 rings (SSSR count). The van der Waals surface area contributed by atoms with E-state index in [1.807, 2.05) is 56.3 Å². The van der Waals surface area contributed by atoms with E-state index in [1.54, 1.807) is 7.05 Å². The van der Waals surface area contributed by atoms with Gasteiger partial charge in [-0.25, -0.2) is 4.98 Å². The molecule has 0 spiro atoms. The molecule has 0 bridgehead atoms. The normalized spacial score (nSPS) is 11.4. The largest absolute Gasteiger partial charge is 0.487 e. The van der Waals surface area contributed by atoms with Crippen molar-refractivity contribution in [2.75, 3.05) is 7.05 Å². The molecule has 2 aromatic carbocycles. The molecule has 2 N–H and O–H groups in total. The van der Waals surface area contributed by atoms with Crippen molar-refractivity contribution in [3.05, 3.63) is 82.0 Å². The van der Waals surface area contributed by atoms with Gasteiger partial charge in [-0.1, -0.05) is 48.0 Å². The van der Waals surface area contributed by atoms with Crippen molar-refractivity contribution in [1.82, 2.24) is 15.6 Å². The van der Waals surface area contributed by atoms with Crippen molar-refractivity contribution >= 4 is 17.6 Å². The second-order valence-corrected chi connectivity index (χ2v) is 6.92. The maximum absolute atomic E-state index is 6.17. The third-order valence-electron chi connectivity index (χ3n) is 4.49. The number of benzene rings is 2. The minimum atomic E-state index is 0.433. The third kappa shape index (κ3) is 5.74. The molecule has 0 saturated heterocycles. The van der Waals surface area contributed by atoms with Gasteiger partial charge in [0.05, 0.1) is 17.3 Å². The first-order valence-electron chi connectivity index (χ1n) is 9.38. The van der Waals surface area contributed by atoms with Crippen LogP contribution in [0.5, 0.6) is 5.75 Å². The number of ether oxygens (including phenoxy) is 1. The highest BCUT2D eigenvalue weighted by molar-refractivity contribution is 6.32. The average molecular weight is 413 g/mol. The quantitative estimate of drug-likeness (QED) is 0.445. The average Bonchev–Trinajstić information content (AvgIpc) is 3.05. The second-order valence-electron chi connectivity index (χ2n) is 6.52. The molecule has 0 aliphatic heterocycles. The summed E-state index contributed by atoms with van der Waals surface area (Å²) in [7, 11) is 1.73. The van der Waals surface area contributed by atoms with Crippen molar-refractivity contribution in [3.8, 4) is 5.75 Å². The zero-order valence-electron chi connectivity index (χ0n) is 16.8. The van der Waals surface area contributed by atoms with E-state index in [4.69, 9.17) is 20.8 Å². The van der Waals surface area contributed by atoms with Gasteiger partial charge in [0.25, 0.3) is 0 Å². The molecule has 1 heterocycles. The van der Waals surface area contributed by atoms with Gasteiger partial charge in [0.15, 0.2) is 5.96 Å². The number of halogens is 1. The molecular weight excluding hydrogens is 388 g/mol. The van der Waals surface area contributed by atoms with Gasteiger partial charge in [0.1, 0.15) is 18.1 Å². The van der Waals surface area contributed by atoms with E-state index in [0.29, 0.717) is 42.3 Å². The van der Waals surface area contributed by atoms with Gasteiger partial charge < -0.3 is 19.8 Å². The number of para-hydroxylation sites is 1. The summed E-state index contributed by atoms with van der Waals surface area (Å²) in [6.07, 6.45) is 0. The fraction of sp³-hybridized carbons (Fsp3) is 0.273. The summed E-state index contributed by atoms with van der Waals surface area (Å²) in [6.45, 7) is 5.33. The minimum absolute atomic E-state index is 0.433. The van der Waals surface area contributed by atoms with Gasteiger partial charge >= 0.3 is 0 Å². The summed E-state index contributed by atoms with van der Waals surface area (Å²) < 4.78 is 11.5. The maximum Gasteiger partial charge on any atom is 0.214 e. The van der Waals surface area contributed by atoms with Crippen LogP contribution in [0.2, 0.25) is 5.02 Å². The Morgan fingerprint density at radius 3 is 2.41 bits per heavy atom. The fourth-order valence-electron chi connectivity index (χ4n) is 2.76. The van der Waals surface area contributed by atoms with E-state index in [9.17, 15) is 0 Å². The molecule has 6 nitrogen and oxygen atoms in total. The Morgan fingerprint density at radius 2 is 1.72 bits per heavy atom. The van der Waals surface area contributed by atoms with Gasteiger partial charge in [-0.05, 0) is 37.1 Å². The summed E-state index contributed by atoms with van der Waals surface area (Å²) >= 11 is 6.17. The summed E-state index contributed by atoms with van der Waals surface area (Å²) in [4.78, 5) is 8.63. The number of nitrogens with one attached hydrogen (secondary N) is 2. The van der Waals surface area contributed by atoms with Gasteiger partial charge in [0, 0.05) is 13.6 Å². The van der Waals surface area contributed by atoms with Gasteiger partial charge in [-0.15, -0.1) is 0 Å². The summed E-state index contributed by atoms with van der Waals surface area (Å²) in [5.74, 6) is 2.81. The molecule has 3 aromatic rings. The first-order chi connectivity index (χ1) is 14.1. The number of aryl methyl sites for hydroxylation is 2. The number of aromatic nitrogens is 1. The molecule has 152 valence electrons. The second kappa shape index (κ2) is 9.98. The molecule has 0 saturated carbocycles. The molecule has 0 aliphatic carbocycles. The van der Waals surface area contributed by atoms with Crippen molar-refractivity contribution in [2.45, 2.75) is 33.5 Å². The Kier molecular flexibility index (Phi) is 7.14. The number of guanidine groups is 1. The Labute approximate surface area is 176 Å². The molecule has 0 aliphatic rings. The molecule has 0 atom stereocenters. The van der Waals surface area contributed by atoms with Crippen LogP contribution in [0.25, 0.3) is 0 Å². The fourth-order valence-corrected chi connectivity index (χ4v) is 2.95. The molecular formula is C22H25ClN4O2. The molecule has 0 fully saturated rings. The first kappa shape index (κ1) is 20.7. The van der Waals surface area contributed by atoms with Crippen molar-refractivity contribution in [2.24, 2.45) is 4.99 Å². The smallest absolute Gasteiger partial charge is 0.214 e. The van der Waals surface area contributed by atoms with Crippen LogP contribution in [0.1, 0.15) is 28.5 Å². The lowest BCUT2D eigenvalue weighted by molar-refractivity contribution is 0.305. The highest BCUT2D eigenvalue weighted by Gasteiger charge is 2.08. The lowest BCUT2D eigenvalue weighted by Gasteiger charge is -2.14. The van der Waals surface area contributed by atoms with Gasteiger partial charge in [-0.2, -0.15) is 0 Å². The van der Waals surface area contributed by atoms with Crippen LogP contribution in [0.4, 0.5) is 0 Å². The highest BCUT2D eigenvalue weighted by Crippen LogP contribution is 2.24. The molecule has 0 radical (unpaired) electrons. The predicted octanol–water partition coefficient (Wildman–Crippen LogP) is 4.39. The SMILES string of the molecule is CN=C(NCc1nc(C)c(C)o1)NCc1ccccc1COc1ccccc1Cl. The zero-order chi connectivity index (χ0) is 20.6. The predicted molar refractivity (Wildman–Crippen MR) is 115 cm³/mol. The molecule has 29 heavy (non-hydrogen) atoms. The van der Waals surface area contributed by atoms with Crippen LogP contribution in [0.3, 0.4) is 0 Å². The summed E-state index contributed by atoms with van der Waals surface area (Å²) in [5, 5.41) is 7.13. The molecule has 1 aromatic heterocycles. The number of hydrogen-bond donors (Lipinski definition) is 2. The first-order valence-corrected chi connectivity index (χ1v) is 9.76. The van der Waals surface area contributed by atoms with E-state index in [2.05, 4.69) is 26.7 Å². The van der Waals surface area contributed by atoms with Gasteiger partial charge in [0.2, 0.25) is 5.89 Å². The van der Waals surface area contributed by atoms with Gasteiger partial charge in [-0.3, -0.25) is 4.99 Å². The topological polar surface area (TPSA) is 71.7 Å². The van der Waals surface area contributed by atoms with E-state index in [-0.39, 0.29) is 0 Å². The Balaban J connectivity index is 1.57. The number of hydrogen-bond acceptors (Lipinski definition) is 4. The maximum atomic E-state index is 6.17. The van der Waals surface area contributed by atoms with Crippen molar-refractivity contribution < 1.29 is 9.15 Å². The van der Waals surface area contributed by atoms with Crippen LogP contribution in [0.15, 0.2) is 57.9 Å². The Morgan fingerprint density at radius 1 is 1.03 bits per heavy atom. The lowest BCUT2D eigenvalue weighted by atomic mass is 10.1. The number of rotatable bonds is 7. The van der Waals surface area contributed by atoms with Crippen LogP contribution in [-0.4, -0.2) is 18.0 Å². The van der Waals surface area contributed by atoms with Crippen LogP contribution in [-0.2, 0) is 19.7 Å². The van der Waals surface area contributed by atoms with E-state index in [1.165, 1.54) is 0 Å². The standard InChI is InChI=1S/C22H25ClN4O2/c1-15-16(2)29-21(27-15)13-26-22(24-3)25-12-17-8-4-5-9-18(17)14-28-20-11-7-6-10-19(20)23/h4-11H,12-14H2,1-3H3,(H2,24,25,26). The van der Waals surface area contributed by atoms with Crippen molar-refractivity contribution in [1.29, 1.82) is 0 Å². The van der Waals surface area contributed by atoms with E-state index in [0.717, 1.165) is 22.6 Å². The molecule has 0 unspecified atom stereocenters. The summed E-state index contributed by atoms with van der Waals surface area (Å²) in [6, 6.07) is 15.6. The molecule has 0 amide bonds. The Hall–Kier alpha value is -2.99. The van der Waals surface area contributed by atoms with E-state index < -0.39 is 0 Å². The van der Waals surface area contributed by atoms with Crippen LogP contribution in [0, 0.1) is 13.8 Å². The monoisotopic (exact) mass is 412 g/mol.